The molecule has 0 unspecified atom stereocenters. The summed E-state index contributed by atoms with van der Waals surface area (Å²) in [6.07, 6.45) is 1.37. The molecule has 1 aliphatic rings. The van der Waals surface area contributed by atoms with Crippen molar-refractivity contribution in [3.63, 3.8) is 0 Å². The lowest BCUT2D eigenvalue weighted by Gasteiger charge is -2.13. The molecule has 1 aromatic rings. The molecule has 0 N–H and O–H groups in total. The lowest BCUT2D eigenvalue weighted by atomic mass is 10.3. The minimum atomic E-state index is -0.584. The highest BCUT2D eigenvalue weighted by molar-refractivity contribution is 8.18. The van der Waals surface area contributed by atoms with Crippen LogP contribution >= 0.6 is 23.1 Å². The Hall–Kier alpha value is -1.60. The van der Waals surface area contributed by atoms with Gasteiger partial charge in [-0.2, -0.15) is 11.3 Å². The molecule has 0 atom stereocenters. The van der Waals surface area contributed by atoms with Gasteiger partial charge in [-0.05, 0) is 54.1 Å². The fourth-order valence-corrected chi connectivity index (χ4v) is 3.03. The van der Waals surface area contributed by atoms with Crippen molar-refractivity contribution in [3.8, 4) is 0 Å². The first-order chi connectivity index (χ1) is 9.47. The van der Waals surface area contributed by atoms with E-state index in [1.807, 2.05) is 16.8 Å². The quantitative estimate of drug-likeness (QED) is 0.632. The molecule has 1 fully saturated rings. The van der Waals surface area contributed by atoms with Gasteiger partial charge in [-0.3, -0.25) is 19.3 Å². The molecule has 0 aromatic carbocycles. The number of carbonyl (C=O) groups is 3. The summed E-state index contributed by atoms with van der Waals surface area (Å²) in [5, 5.41) is 3.31. The van der Waals surface area contributed by atoms with Crippen LogP contribution in [0.15, 0.2) is 21.7 Å². The second-order valence-corrected chi connectivity index (χ2v) is 6.14. The predicted octanol–water partition coefficient (Wildman–Crippen LogP) is 2.74. The topological polar surface area (TPSA) is 63.7 Å². The number of hydrogen-bond acceptors (Lipinski definition) is 6. The van der Waals surface area contributed by atoms with Crippen LogP contribution in [-0.2, 0) is 14.3 Å². The standard InChI is InChI=1S/C13H13NO4S2/c1-8(2)18-11(15)6-14-12(16)10(20-13(14)17)5-9-3-4-19-7-9/h3-5,7-8H,6H2,1-2H3/b10-5+. The molecule has 1 aromatic heterocycles. The number of hydrogen-bond donors (Lipinski definition) is 0. The van der Waals surface area contributed by atoms with Crippen molar-refractivity contribution in [2.75, 3.05) is 6.54 Å². The number of imide groups is 1. The first-order valence-corrected chi connectivity index (χ1v) is 7.70. The molecule has 106 valence electrons. The van der Waals surface area contributed by atoms with E-state index in [1.54, 1.807) is 19.9 Å². The average Bonchev–Trinajstić information content (AvgIpc) is 2.93. The zero-order valence-corrected chi connectivity index (χ0v) is 12.6. The first kappa shape index (κ1) is 14.8. The fraction of sp³-hybridized carbons (Fsp3) is 0.308. The van der Waals surface area contributed by atoms with Crippen molar-refractivity contribution in [1.29, 1.82) is 0 Å². The molecule has 5 nitrogen and oxygen atoms in total. The van der Waals surface area contributed by atoms with Crippen molar-refractivity contribution >= 4 is 46.3 Å². The Morgan fingerprint density at radius 1 is 1.45 bits per heavy atom. The molecule has 1 saturated heterocycles. The van der Waals surface area contributed by atoms with Crippen LogP contribution in [0.5, 0.6) is 0 Å². The molecule has 0 aliphatic carbocycles. The van der Waals surface area contributed by atoms with Crippen LogP contribution in [0.25, 0.3) is 6.08 Å². The first-order valence-electron chi connectivity index (χ1n) is 5.94. The Balaban J connectivity index is 2.07. The van der Waals surface area contributed by atoms with Gasteiger partial charge in [0.1, 0.15) is 6.54 Å². The van der Waals surface area contributed by atoms with Gasteiger partial charge in [0, 0.05) is 0 Å². The minimum Gasteiger partial charge on any atom is -0.462 e. The van der Waals surface area contributed by atoms with E-state index in [-0.39, 0.29) is 12.6 Å². The molecule has 2 heterocycles. The number of esters is 1. The maximum atomic E-state index is 12.1. The van der Waals surface area contributed by atoms with E-state index < -0.39 is 17.1 Å². The Morgan fingerprint density at radius 2 is 2.20 bits per heavy atom. The van der Waals surface area contributed by atoms with Gasteiger partial charge in [0.05, 0.1) is 11.0 Å². The molecule has 1 aliphatic heterocycles. The van der Waals surface area contributed by atoms with Crippen LogP contribution in [0.1, 0.15) is 19.4 Å². The number of carbonyl (C=O) groups excluding carboxylic acids is 3. The zero-order valence-electron chi connectivity index (χ0n) is 11.0. The number of thioether (sulfide) groups is 1. The number of ether oxygens (including phenoxy) is 1. The van der Waals surface area contributed by atoms with E-state index in [4.69, 9.17) is 4.74 Å². The summed E-state index contributed by atoms with van der Waals surface area (Å²) in [4.78, 5) is 36.6. The second kappa shape index (κ2) is 6.23. The van der Waals surface area contributed by atoms with Crippen molar-refractivity contribution in [3.05, 3.63) is 27.3 Å². The number of rotatable bonds is 4. The summed E-state index contributed by atoms with van der Waals surface area (Å²) in [7, 11) is 0. The van der Waals surface area contributed by atoms with E-state index in [0.717, 1.165) is 22.2 Å². The molecule has 7 heteroatoms. The molecule has 0 bridgehead atoms. The molecule has 0 radical (unpaired) electrons. The van der Waals surface area contributed by atoms with Gasteiger partial charge in [0.15, 0.2) is 0 Å². The average molecular weight is 311 g/mol. The molecule has 2 rings (SSSR count). The summed E-state index contributed by atoms with van der Waals surface area (Å²) in [6.45, 7) is 3.08. The third kappa shape index (κ3) is 3.49. The van der Waals surface area contributed by atoms with Gasteiger partial charge in [0.2, 0.25) is 0 Å². The molecule has 0 saturated carbocycles. The van der Waals surface area contributed by atoms with E-state index in [9.17, 15) is 14.4 Å². The number of amides is 2. The van der Waals surface area contributed by atoms with Gasteiger partial charge in [-0.1, -0.05) is 0 Å². The summed E-state index contributed by atoms with van der Waals surface area (Å²) >= 11 is 2.34. The SMILES string of the molecule is CC(C)OC(=O)CN1C(=O)S/C(=C/c2ccsc2)C1=O. The Morgan fingerprint density at radius 3 is 2.80 bits per heavy atom. The largest absolute Gasteiger partial charge is 0.462 e. The Bertz CT molecular complexity index is 563. The van der Waals surface area contributed by atoms with E-state index in [1.165, 1.54) is 11.3 Å². The second-order valence-electron chi connectivity index (χ2n) is 4.36. The fourth-order valence-electron chi connectivity index (χ4n) is 1.57. The van der Waals surface area contributed by atoms with E-state index >= 15 is 0 Å². The highest BCUT2D eigenvalue weighted by atomic mass is 32.2. The van der Waals surface area contributed by atoms with Gasteiger partial charge in [0.25, 0.3) is 11.1 Å². The van der Waals surface area contributed by atoms with Crippen LogP contribution in [0.3, 0.4) is 0 Å². The Labute approximate surface area is 124 Å². The predicted molar refractivity (Wildman–Crippen MR) is 78.2 cm³/mol. The summed E-state index contributed by atoms with van der Waals surface area (Å²) in [5.74, 6) is -1.04. The van der Waals surface area contributed by atoms with Crippen LogP contribution in [-0.4, -0.2) is 34.7 Å². The van der Waals surface area contributed by atoms with E-state index in [0.29, 0.717) is 4.91 Å². The van der Waals surface area contributed by atoms with Gasteiger partial charge in [-0.15, -0.1) is 0 Å². The highest BCUT2D eigenvalue weighted by Crippen LogP contribution is 2.32. The molecule has 20 heavy (non-hydrogen) atoms. The molecular weight excluding hydrogens is 298 g/mol. The lowest BCUT2D eigenvalue weighted by molar-refractivity contribution is -0.149. The normalized spacial score (nSPS) is 17.4. The highest BCUT2D eigenvalue weighted by Gasteiger charge is 2.36. The maximum Gasteiger partial charge on any atom is 0.326 e. The number of nitrogens with zero attached hydrogens (tertiary/aromatic N) is 1. The zero-order chi connectivity index (χ0) is 14.7. The molecular formula is C13H13NO4S2. The molecule has 2 amide bonds. The summed E-state index contributed by atoms with van der Waals surface area (Å²) in [6, 6.07) is 1.85. The number of thiophene rings is 1. The van der Waals surface area contributed by atoms with Crippen molar-refractivity contribution in [1.82, 2.24) is 4.90 Å². The van der Waals surface area contributed by atoms with Crippen LogP contribution in [0.2, 0.25) is 0 Å². The third-order valence-electron chi connectivity index (χ3n) is 2.37. The smallest absolute Gasteiger partial charge is 0.326 e. The van der Waals surface area contributed by atoms with Gasteiger partial charge >= 0.3 is 5.97 Å². The summed E-state index contributed by atoms with van der Waals surface area (Å²) in [5.41, 5.74) is 0.866. The maximum absolute atomic E-state index is 12.1. The minimum absolute atomic E-state index is 0.274. The molecule has 0 spiro atoms. The lowest BCUT2D eigenvalue weighted by Crippen LogP contribution is -2.35. The van der Waals surface area contributed by atoms with Crippen molar-refractivity contribution in [2.45, 2.75) is 20.0 Å². The Kier molecular flexibility index (Phi) is 4.61. The van der Waals surface area contributed by atoms with Crippen molar-refractivity contribution < 1.29 is 19.1 Å². The van der Waals surface area contributed by atoms with Crippen LogP contribution in [0, 0.1) is 0 Å². The monoisotopic (exact) mass is 311 g/mol. The van der Waals surface area contributed by atoms with Gasteiger partial charge < -0.3 is 4.74 Å². The third-order valence-corrected chi connectivity index (χ3v) is 3.98. The van der Waals surface area contributed by atoms with E-state index in [2.05, 4.69) is 0 Å². The summed E-state index contributed by atoms with van der Waals surface area (Å²) < 4.78 is 4.94. The van der Waals surface area contributed by atoms with Crippen LogP contribution < -0.4 is 0 Å². The van der Waals surface area contributed by atoms with Crippen molar-refractivity contribution in [2.24, 2.45) is 0 Å². The van der Waals surface area contributed by atoms with Gasteiger partial charge in [-0.25, -0.2) is 0 Å². The van der Waals surface area contributed by atoms with Crippen LogP contribution in [0.4, 0.5) is 4.79 Å².